The number of para-hydroxylation sites is 2. The average molecular weight is 353 g/mol. The van der Waals surface area contributed by atoms with Gasteiger partial charge in [0.1, 0.15) is 0 Å². The van der Waals surface area contributed by atoms with Crippen molar-refractivity contribution in [1.82, 2.24) is 5.32 Å². The van der Waals surface area contributed by atoms with Crippen molar-refractivity contribution in [2.24, 2.45) is 0 Å². The molecule has 0 spiro atoms. The SMILES string of the molecule is COc1ccccc1OCC(=O)NCCc1ccc(C(F)(F)F)cc1. The van der Waals surface area contributed by atoms with Gasteiger partial charge in [0.2, 0.25) is 0 Å². The zero-order valence-electron chi connectivity index (χ0n) is 13.6. The van der Waals surface area contributed by atoms with E-state index in [1.54, 1.807) is 24.3 Å². The first kappa shape index (κ1) is 18.6. The van der Waals surface area contributed by atoms with E-state index in [-0.39, 0.29) is 12.5 Å². The minimum absolute atomic E-state index is 0.173. The first-order chi connectivity index (χ1) is 11.9. The number of methoxy groups -OCH3 is 1. The van der Waals surface area contributed by atoms with E-state index >= 15 is 0 Å². The number of amides is 1. The molecule has 0 saturated carbocycles. The summed E-state index contributed by atoms with van der Waals surface area (Å²) in [5.74, 6) is 0.667. The number of hydrogen-bond acceptors (Lipinski definition) is 3. The van der Waals surface area contributed by atoms with Crippen LogP contribution >= 0.6 is 0 Å². The Morgan fingerprint density at radius 3 is 2.28 bits per heavy atom. The van der Waals surface area contributed by atoms with Crippen LogP contribution in [0.4, 0.5) is 13.2 Å². The van der Waals surface area contributed by atoms with Crippen LogP contribution in [0.1, 0.15) is 11.1 Å². The van der Waals surface area contributed by atoms with Gasteiger partial charge in [-0.3, -0.25) is 4.79 Å². The number of carbonyl (C=O) groups is 1. The number of halogens is 3. The van der Waals surface area contributed by atoms with Gasteiger partial charge in [-0.1, -0.05) is 24.3 Å². The molecule has 2 aromatic rings. The standard InChI is InChI=1S/C18H18F3NO3/c1-24-15-4-2-3-5-16(15)25-12-17(23)22-11-10-13-6-8-14(9-7-13)18(19,20)21/h2-9H,10-12H2,1H3,(H,22,23). The van der Waals surface area contributed by atoms with Crippen molar-refractivity contribution in [2.45, 2.75) is 12.6 Å². The Labute approximate surface area is 143 Å². The van der Waals surface area contributed by atoms with Gasteiger partial charge in [0, 0.05) is 6.54 Å². The van der Waals surface area contributed by atoms with Crippen molar-refractivity contribution < 1.29 is 27.4 Å². The van der Waals surface area contributed by atoms with Crippen LogP contribution in [-0.4, -0.2) is 26.2 Å². The topological polar surface area (TPSA) is 47.6 Å². The summed E-state index contributed by atoms with van der Waals surface area (Å²) in [5, 5.41) is 2.66. The van der Waals surface area contributed by atoms with Gasteiger partial charge in [0.05, 0.1) is 12.7 Å². The summed E-state index contributed by atoms with van der Waals surface area (Å²) in [4.78, 5) is 11.8. The Bertz CT molecular complexity index is 699. The van der Waals surface area contributed by atoms with E-state index in [0.717, 1.165) is 12.1 Å². The summed E-state index contributed by atoms with van der Waals surface area (Å²) >= 11 is 0. The second kappa shape index (κ2) is 8.41. The number of carbonyl (C=O) groups excluding carboxylic acids is 1. The highest BCUT2D eigenvalue weighted by Crippen LogP contribution is 2.29. The highest BCUT2D eigenvalue weighted by atomic mass is 19.4. The Morgan fingerprint density at radius 1 is 1.04 bits per heavy atom. The van der Waals surface area contributed by atoms with Gasteiger partial charge in [-0.25, -0.2) is 0 Å². The average Bonchev–Trinajstić information content (AvgIpc) is 2.60. The van der Waals surface area contributed by atoms with Crippen molar-refractivity contribution in [3.05, 3.63) is 59.7 Å². The Morgan fingerprint density at radius 2 is 1.68 bits per heavy atom. The van der Waals surface area contributed by atoms with Crippen molar-refractivity contribution in [2.75, 3.05) is 20.3 Å². The molecule has 134 valence electrons. The van der Waals surface area contributed by atoms with Crippen LogP contribution in [0.15, 0.2) is 48.5 Å². The van der Waals surface area contributed by atoms with Gasteiger partial charge >= 0.3 is 6.18 Å². The number of ether oxygens (including phenoxy) is 2. The molecule has 25 heavy (non-hydrogen) atoms. The maximum atomic E-state index is 12.5. The molecular formula is C18H18F3NO3. The van der Waals surface area contributed by atoms with E-state index in [0.29, 0.717) is 30.0 Å². The number of rotatable bonds is 7. The highest BCUT2D eigenvalue weighted by molar-refractivity contribution is 5.77. The maximum Gasteiger partial charge on any atom is 0.416 e. The van der Waals surface area contributed by atoms with E-state index in [1.165, 1.54) is 19.2 Å². The van der Waals surface area contributed by atoms with Gasteiger partial charge in [-0.2, -0.15) is 13.2 Å². The van der Waals surface area contributed by atoms with Crippen LogP contribution in [0.2, 0.25) is 0 Å². The fourth-order valence-corrected chi connectivity index (χ4v) is 2.14. The van der Waals surface area contributed by atoms with E-state index < -0.39 is 11.7 Å². The molecule has 2 rings (SSSR count). The smallest absolute Gasteiger partial charge is 0.416 e. The van der Waals surface area contributed by atoms with Crippen molar-refractivity contribution in [3.8, 4) is 11.5 Å². The molecule has 0 saturated heterocycles. The summed E-state index contributed by atoms with van der Waals surface area (Å²) in [6, 6.07) is 11.8. The largest absolute Gasteiger partial charge is 0.493 e. The molecular weight excluding hydrogens is 335 g/mol. The summed E-state index contributed by atoms with van der Waals surface area (Å²) in [6.45, 7) is 0.132. The van der Waals surface area contributed by atoms with E-state index in [2.05, 4.69) is 5.32 Å². The lowest BCUT2D eigenvalue weighted by atomic mass is 10.1. The molecule has 0 atom stereocenters. The third kappa shape index (κ3) is 5.70. The number of nitrogens with one attached hydrogen (secondary N) is 1. The number of benzene rings is 2. The van der Waals surface area contributed by atoms with Crippen LogP contribution in [-0.2, 0) is 17.4 Å². The number of alkyl halides is 3. The molecule has 2 aromatic carbocycles. The minimum Gasteiger partial charge on any atom is -0.493 e. The predicted molar refractivity (Wildman–Crippen MR) is 86.6 cm³/mol. The van der Waals surface area contributed by atoms with Crippen LogP contribution in [0.5, 0.6) is 11.5 Å². The van der Waals surface area contributed by atoms with Crippen molar-refractivity contribution >= 4 is 5.91 Å². The second-order valence-corrected chi connectivity index (χ2v) is 5.23. The van der Waals surface area contributed by atoms with Crippen LogP contribution in [0.3, 0.4) is 0 Å². The summed E-state index contributed by atoms with van der Waals surface area (Å²) in [5.41, 5.74) is 0.0180. The van der Waals surface area contributed by atoms with Crippen LogP contribution in [0.25, 0.3) is 0 Å². The lowest BCUT2D eigenvalue weighted by Crippen LogP contribution is -2.30. The molecule has 0 fully saturated rings. The van der Waals surface area contributed by atoms with Crippen molar-refractivity contribution in [1.29, 1.82) is 0 Å². The molecule has 7 heteroatoms. The van der Waals surface area contributed by atoms with Gasteiger partial charge < -0.3 is 14.8 Å². The Balaban J connectivity index is 1.75. The van der Waals surface area contributed by atoms with Gasteiger partial charge in [-0.05, 0) is 36.2 Å². The molecule has 0 aliphatic carbocycles. The lowest BCUT2D eigenvalue weighted by molar-refractivity contribution is -0.137. The highest BCUT2D eigenvalue weighted by Gasteiger charge is 2.29. The van der Waals surface area contributed by atoms with Crippen LogP contribution < -0.4 is 14.8 Å². The van der Waals surface area contributed by atoms with Crippen LogP contribution in [0, 0.1) is 0 Å². The molecule has 1 N–H and O–H groups in total. The molecule has 0 unspecified atom stereocenters. The third-order valence-electron chi connectivity index (χ3n) is 3.44. The molecule has 0 bridgehead atoms. The molecule has 0 aromatic heterocycles. The summed E-state index contributed by atoms with van der Waals surface area (Å²) in [7, 11) is 1.51. The van der Waals surface area contributed by atoms with Gasteiger partial charge in [0.25, 0.3) is 5.91 Å². The summed E-state index contributed by atoms with van der Waals surface area (Å²) < 4.78 is 47.9. The van der Waals surface area contributed by atoms with E-state index in [1.807, 2.05) is 0 Å². The minimum atomic E-state index is -4.34. The van der Waals surface area contributed by atoms with E-state index in [9.17, 15) is 18.0 Å². The fraction of sp³-hybridized carbons (Fsp3) is 0.278. The zero-order chi connectivity index (χ0) is 18.3. The molecule has 0 radical (unpaired) electrons. The van der Waals surface area contributed by atoms with Gasteiger partial charge in [0.15, 0.2) is 18.1 Å². The Hall–Kier alpha value is -2.70. The second-order valence-electron chi connectivity index (χ2n) is 5.23. The monoisotopic (exact) mass is 353 g/mol. The third-order valence-corrected chi connectivity index (χ3v) is 3.44. The molecule has 1 amide bonds. The molecule has 0 heterocycles. The maximum absolute atomic E-state index is 12.5. The zero-order valence-corrected chi connectivity index (χ0v) is 13.6. The normalized spacial score (nSPS) is 11.0. The Kier molecular flexibility index (Phi) is 6.27. The number of hydrogen-bond donors (Lipinski definition) is 1. The first-order valence-electron chi connectivity index (χ1n) is 7.59. The summed E-state index contributed by atoms with van der Waals surface area (Å²) in [6.07, 6.45) is -3.92. The predicted octanol–water partition coefficient (Wildman–Crippen LogP) is 3.45. The quantitative estimate of drug-likeness (QED) is 0.829. The molecule has 4 nitrogen and oxygen atoms in total. The lowest BCUT2D eigenvalue weighted by Gasteiger charge is -2.11. The van der Waals surface area contributed by atoms with Crippen molar-refractivity contribution in [3.63, 3.8) is 0 Å². The van der Waals surface area contributed by atoms with E-state index in [4.69, 9.17) is 9.47 Å². The molecule has 0 aliphatic rings. The molecule has 0 aliphatic heterocycles. The van der Waals surface area contributed by atoms with Gasteiger partial charge in [-0.15, -0.1) is 0 Å². The first-order valence-corrected chi connectivity index (χ1v) is 7.59. The fourth-order valence-electron chi connectivity index (χ4n) is 2.14.